The number of ether oxygens (including phenoxy) is 1. The van der Waals surface area contributed by atoms with Gasteiger partial charge < -0.3 is 20.5 Å². The zero-order valence-electron chi connectivity index (χ0n) is 9.51. The number of carbonyl (C=O) groups excluding carboxylic acids is 1. The van der Waals surface area contributed by atoms with E-state index in [1.54, 1.807) is 7.11 Å². The Morgan fingerprint density at radius 3 is 3.12 bits per heavy atom. The van der Waals surface area contributed by atoms with Crippen LogP contribution in [0.15, 0.2) is 18.5 Å². The number of carbonyl (C=O) groups is 1. The summed E-state index contributed by atoms with van der Waals surface area (Å²) in [6, 6.07) is 1.32. The van der Waals surface area contributed by atoms with Crippen LogP contribution in [0.4, 0.5) is 0 Å². The van der Waals surface area contributed by atoms with E-state index in [0.29, 0.717) is 12.1 Å². The number of amides is 1. The van der Waals surface area contributed by atoms with Gasteiger partial charge in [-0.15, -0.1) is 0 Å². The van der Waals surface area contributed by atoms with Crippen molar-refractivity contribution in [2.75, 3.05) is 20.2 Å². The van der Waals surface area contributed by atoms with Gasteiger partial charge in [0.2, 0.25) is 0 Å². The van der Waals surface area contributed by atoms with E-state index in [4.69, 9.17) is 4.74 Å². The van der Waals surface area contributed by atoms with E-state index in [9.17, 15) is 9.90 Å². The molecule has 0 saturated carbocycles. The molecule has 3 N–H and O–H groups in total. The molecule has 0 aromatic carbocycles. The lowest BCUT2D eigenvalue weighted by molar-refractivity contribution is 0.0779. The van der Waals surface area contributed by atoms with Crippen LogP contribution in [0.3, 0.4) is 0 Å². The van der Waals surface area contributed by atoms with Crippen molar-refractivity contribution >= 4 is 5.91 Å². The van der Waals surface area contributed by atoms with E-state index in [0.717, 1.165) is 6.54 Å². The van der Waals surface area contributed by atoms with Gasteiger partial charge in [0.05, 0.1) is 23.9 Å². The molecule has 92 valence electrons. The zero-order valence-corrected chi connectivity index (χ0v) is 9.51. The summed E-state index contributed by atoms with van der Waals surface area (Å²) < 4.78 is 5.24. The number of hydrogen-bond acceptors (Lipinski definition) is 5. The smallest absolute Gasteiger partial charge is 0.253 e. The molecule has 1 fully saturated rings. The highest BCUT2D eigenvalue weighted by molar-refractivity contribution is 5.94. The molecule has 2 rings (SSSR count). The van der Waals surface area contributed by atoms with Gasteiger partial charge in [-0.25, -0.2) is 0 Å². The Kier molecular flexibility index (Phi) is 3.55. The van der Waals surface area contributed by atoms with Crippen LogP contribution in [-0.2, 0) is 4.74 Å². The van der Waals surface area contributed by atoms with Crippen molar-refractivity contribution in [1.29, 1.82) is 0 Å². The van der Waals surface area contributed by atoms with Crippen molar-refractivity contribution in [2.45, 2.75) is 12.1 Å². The summed E-state index contributed by atoms with van der Waals surface area (Å²) in [5.41, 5.74) is 0.340. The van der Waals surface area contributed by atoms with Gasteiger partial charge >= 0.3 is 0 Å². The highest BCUT2D eigenvalue weighted by Gasteiger charge is 2.28. The number of nitrogens with one attached hydrogen (secondary N) is 2. The molecule has 0 aliphatic carbocycles. The van der Waals surface area contributed by atoms with Crippen LogP contribution >= 0.6 is 0 Å². The fourth-order valence-electron chi connectivity index (χ4n) is 1.85. The summed E-state index contributed by atoms with van der Waals surface area (Å²) in [6.45, 7) is 1.40. The highest BCUT2D eigenvalue weighted by atomic mass is 16.5. The second kappa shape index (κ2) is 5.11. The Balaban J connectivity index is 2.01. The largest absolute Gasteiger partial charge is 0.506 e. The van der Waals surface area contributed by atoms with Crippen LogP contribution in [0.1, 0.15) is 10.4 Å². The molecule has 0 spiro atoms. The van der Waals surface area contributed by atoms with E-state index in [1.807, 2.05) is 0 Å². The lowest BCUT2D eigenvalue weighted by Crippen LogP contribution is -2.43. The van der Waals surface area contributed by atoms with Gasteiger partial charge in [-0.3, -0.25) is 9.78 Å². The van der Waals surface area contributed by atoms with Crippen LogP contribution in [0.5, 0.6) is 5.75 Å². The van der Waals surface area contributed by atoms with E-state index >= 15 is 0 Å². The van der Waals surface area contributed by atoms with Gasteiger partial charge in [-0.2, -0.15) is 0 Å². The van der Waals surface area contributed by atoms with Gasteiger partial charge in [0.1, 0.15) is 5.75 Å². The lowest BCUT2D eigenvalue weighted by atomic mass is 10.2. The fraction of sp³-hybridized carbons (Fsp3) is 0.455. The molecule has 6 heteroatoms. The minimum Gasteiger partial charge on any atom is -0.506 e. The summed E-state index contributed by atoms with van der Waals surface area (Å²) in [5, 5.41) is 15.2. The Labute approximate surface area is 99.0 Å². The van der Waals surface area contributed by atoms with Crippen LogP contribution in [0.2, 0.25) is 0 Å². The fourth-order valence-corrected chi connectivity index (χ4v) is 1.85. The topological polar surface area (TPSA) is 83.5 Å². The molecule has 1 aliphatic heterocycles. The van der Waals surface area contributed by atoms with Crippen LogP contribution in [0, 0.1) is 0 Å². The Morgan fingerprint density at radius 2 is 2.41 bits per heavy atom. The van der Waals surface area contributed by atoms with Gasteiger partial charge in [0, 0.05) is 26.4 Å². The van der Waals surface area contributed by atoms with Gasteiger partial charge in [-0.05, 0) is 6.07 Å². The summed E-state index contributed by atoms with van der Waals surface area (Å²) in [5.74, 6) is -0.283. The number of aromatic nitrogens is 1. The van der Waals surface area contributed by atoms with E-state index in [2.05, 4.69) is 15.6 Å². The molecule has 1 saturated heterocycles. The molecular formula is C11H15N3O3. The van der Waals surface area contributed by atoms with Crippen LogP contribution in [0.25, 0.3) is 0 Å². The van der Waals surface area contributed by atoms with Gasteiger partial charge in [0.25, 0.3) is 5.91 Å². The minimum absolute atomic E-state index is 0.0227. The van der Waals surface area contributed by atoms with E-state index < -0.39 is 0 Å². The Hall–Kier alpha value is -1.66. The predicted octanol–water partition coefficient (Wildman–Crippen LogP) is -0.496. The molecule has 1 unspecified atom stereocenters. The Morgan fingerprint density at radius 1 is 1.59 bits per heavy atom. The standard InChI is InChI=1S/C11H15N3O3/c1-17-10-6-13-5-9(10)14-11(16)7-2-8(15)4-12-3-7/h2-4,9-10,13,15H,5-6H2,1H3,(H,14,16)/t9?,10-/m0/s1. The third-order valence-electron chi connectivity index (χ3n) is 2.76. The minimum atomic E-state index is -0.260. The molecule has 17 heavy (non-hydrogen) atoms. The van der Waals surface area contributed by atoms with Crippen LogP contribution in [-0.4, -0.2) is 48.3 Å². The molecule has 1 aromatic heterocycles. The van der Waals surface area contributed by atoms with Crippen molar-refractivity contribution < 1.29 is 14.6 Å². The average Bonchev–Trinajstić information content (AvgIpc) is 2.76. The highest BCUT2D eigenvalue weighted by Crippen LogP contribution is 2.10. The van der Waals surface area contributed by atoms with Gasteiger partial charge in [0.15, 0.2) is 0 Å². The van der Waals surface area contributed by atoms with E-state index in [-0.39, 0.29) is 23.8 Å². The first kappa shape index (κ1) is 11.8. The van der Waals surface area contributed by atoms with Crippen molar-refractivity contribution in [1.82, 2.24) is 15.6 Å². The number of methoxy groups -OCH3 is 1. The maximum Gasteiger partial charge on any atom is 0.253 e. The quantitative estimate of drug-likeness (QED) is 0.660. The van der Waals surface area contributed by atoms with Crippen molar-refractivity contribution in [3.63, 3.8) is 0 Å². The third-order valence-corrected chi connectivity index (χ3v) is 2.76. The first-order valence-electron chi connectivity index (χ1n) is 5.39. The number of hydrogen-bond donors (Lipinski definition) is 3. The first-order valence-corrected chi connectivity index (χ1v) is 5.39. The van der Waals surface area contributed by atoms with Crippen LogP contribution < -0.4 is 10.6 Å². The molecule has 1 aromatic rings. The molecule has 0 bridgehead atoms. The number of aromatic hydroxyl groups is 1. The van der Waals surface area contributed by atoms with Gasteiger partial charge in [-0.1, -0.05) is 0 Å². The van der Waals surface area contributed by atoms with Crippen molar-refractivity contribution in [3.8, 4) is 5.75 Å². The van der Waals surface area contributed by atoms with Crippen molar-refractivity contribution in [2.24, 2.45) is 0 Å². The maximum atomic E-state index is 11.9. The molecule has 2 heterocycles. The second-order valence-corrected chi connectivity index (χ2v) is 3.94. The summed E-state index contributed by atoms with van der Waals surface area (Å²) in [7, 11) is 1.62. The summed E-state index contributed by atoms with van der Waals surface area (Å²) in [6.07, 6.45) is 2.68. The molecule has 6 nitrogen and oxygen atoms in total. The normalized spacial score (nSPS) is 23.6. The number of pyridine rings is 1. The second-order valence-electron chi connectivity index (χ2n) is 3.94. The van der Waals surface area contributed by atoms with Crippen molar-refractivity contribution in [3.05, 3.63) is 24.0 Å². The maximum absolute atomic E-state index is 11.9. The monoisotopic (exact) mass is 237 g/mol. The number of rotatable bonds is 3. The zero-order chi connectivity index (χ0) is 12.3. The lowest BCUT2D eigenvalue weighted by Gasteiger charge is -2.18. The molecular weight excluding hydrogens is 222 g/mol. The molecule has 2 atom stereocenters. The average molecular weight is 237 g/mol. The summed E-state index contributed by atoms with van der Waals surface area (Å²) in [4.78, 5) is 15.6. The Bertz CT molecular complexity index is 411. The first-order chi connectivity index (χ1) is 8.20. The van der Waals surface area contributed by atoms with E-state index in [1.165, 1.54) is 18.5 Å². The number of nitrogens with zero attached hydrogens (tertiary/aromatic N) is 1. The SMILES string of the molecule is CO[C@H]1CNCC1NC(=O)c1cncc(O)c1. The molecule has 0 radical (unpaired) electrons. The summed E-state index contributed by atoms with van der Waals surface area (Å²) >= 11 is 0. The molecule has 1 amide bonds. The molecule has 1 aliphatic rings. The predicted molar refractivity (Wildman–Crippen MR) is 60.8 cm³/mol. The third kappa shape index (κ3) is 2.72.